The third kappa shape index (κ3) is 3.69. The summed E-state index contributed by atoms with van der Waals surface area (Å²) in [4.78, 5) is 12.5. The lowest BCUT2D eigenvalue weighted by molar-refractivity contribution is 0.0908. The average molecular weight is 290 g/mol. The predicted molar refractivity (Wildman–Crippen MR) is 85.5 cm³/mol. The molecule has 0 heterocycles. The highest BCUT2D eigenvalue weighted by Gasteiger charge is 2.25. The van der Waals surface area contributed by atoms with Crippen molar-refractivity contribution in [3.63, 3.8) is 0 Å². The standard InChI is InChI=1S/C17H26N2O2/c1-3-15(12-8-5-4-6-9-12)19-17(20)13-10-7-11-14(18)16(13)21-2/h7,10-12,15H,3-6,8-9,18H2,1-2H3,(H,19,20). The molecule has 1 fully saturated rings. The van der Waals surface area contributed by atoms with Crippen molar-refractivity contribution < 1.29 is 9.53 Å². The molecule has 21 heavy (non-hydrogen) atoms. The molecule has 0 bridgehead atoms. The van der Waals surface area contributed by atoms with Crippen LogP contribution in [0.4, 0.5) is 5.69 Å². The number of benzene rings is 1. The van der Waals surface area contributed by atoms with Crippen molar-refractivity contribution in [1.29, 1.82) is 0 Å². The second-order valence-corrected chi connectivity index (χ2v) is 5.81. The second kappa shape index (κ2) is 7.34. The Kier molecular flexibility index (Phi) is 5.48. The van der Waals surface area contributed by atoms with Crippen LogP contribution in [0.5, 0.6) is 5.75 Å². The maximum Gasteiger partial charge on any atom is 0.255 e. The van der Waals surface area contributed by atoms with Gasteiger partial charge >= 0.3 is 0 Å². The van der Waals surface area contributed by atoms with Crippen molar-refractivity contribution in [2.75, 3.05) is 12.8 Å². The Bertz CT molecular complexity index is 482. The van der Waals surface area contributed by atoms with Gasteiger partial charge in [0, 0.05) is 6.04 Å². The monoisotopic (exact) mass is 290 g/mol. The fourth-order valence-corrected chi connectivity index (χ4v) is 3.30. The first kappa shape index (κ1) is 15.7. The number of hydrogen-bond acceptors (Lipinski definition) is 3. The van der Waals surface area contributed by atoms with Gasteiger partial charge in [0.1, 0.15) is 0 Å². The molecular weight excluding hydrogens is 264 g/mol. The fourth-order valence-electron chi connectivity index (χ4n) is 3.30. The molecule has 0 saturated heterocycles. The molecule has 2 rings (SSSR count). The van der Waals surface area contributed by atoms with E-state index in [4.69, 9.17) is 10.5 Å². The molecule has 0 spiro atoms. The summed E-state index contributed by atoms with van der Waals surface area (Å²) in [5.74, 6) is 0.977. The van der Waals surface area contributed by atoms with Crippen LogP contribution in [0, 0.1) is 5.92 Å². The van der Waals surface area contributed by atoms with Crippen LogP contribution in [0.3, 0.4) is 0 Å². The molecule has 0 aromatic heterocycles. The van der Waals surface area contributed by atoms with Crippen LogP contribution < -0.4 is 15.8 Å². The number of nitrogen functional groups attached to an aromatic ring is 1. The zero-order chi connectivity index (χ0) is 15.2. The van der Waals surface area contributed by atoms with Gasteiger partial charge in [0.25, 0.3) is 5.91 Å². The molecule has 1 aromatic rings. The summed E-state index contributed by atoms with van der Waals surface area (Å²) in [6.45, 7) is 2.14. The third-order valence-electron chi connectivity index (χ3n) is 4.47. The van der Waals surface area contributed by atoms with Crippen LogP contribution in [0.1, 0.15) is 55.8 Å². The van der Waals surface area contributed by atoms with Crippen LogP contribution in [0.2, 0.25) is 0 Å². The Morgan fingerprint density at radius 2 is 2.10 bits per heavy atom. The van der Waals surface area contributed by atoms with E-state index in [1.165, 1.54) is 32.1 Å². The minimum Gasteiger partial charge on any atom is -0.494 e. The molecule has 0 aliphatic heterocycles. The zero-order valence-corrected chi connectivity index (χ0v) is 13.0. The first-order valence-corrected chi connectivity index (χ1v) is 7.90. The van der Waals surface area contributed by atoms with E-state index in [2.05, 4.69) is 12.2 Å². The summed E-state index contributed by atoms with van der Waals surface area (Å²) in [6.07, 6.45) is 7.27. The Hall–Kier alpha value is -1.71. The van der Waals surface area contributed by atoms with Crippen molar-refractivity contribution in [3.8, 4) is 5.75 Å². The number of rotatable bonds is 5. The summed E-state index contributed by atoms with van der Waals surface area (Å²) in [5, 5.41) is 3.18. The molecule has 116 valence electrons. The van der Waals surface area contributed by atoms with E-state index >= 15 is 0 Å². The Labute approximate surface area is 127 Å². The van der Waals surface area contributed by atoms with Crippen molar-refractivity contribution >= 4 is 11.6 Å². The summed E-state index contributed by atoms with van der Waals surface area (Å²) in [7, 11) is 1.54. The molecule has 3 N–H and O–H groups in total. The number of nitrogens with two attached hydrogens (primary N) is 1. The van der Waals surface area contributed by atoms with Gasteiger partial charge in [-0.25, -0.2) is 0 Å². The topological polar surface area (TPSA) is 64.4 Å². The Morgan fingerprint density at radius 3 is 2.71 bits per heavy atom. The molecule has 1 aliphatic carbocycles. The number of methoxy groups -OCH3 is 1. The average Bonchev–Trinajstić information content (AvgIpc) is 2.53. The lowest BCUT2D eigenvalue weighted by Gasteiger charge is -2.30. The number of para-hydroxylation sites is 1. The van der Waals surface area contributed by atoms with E-state index in [0.29, 0.717) is 22.9 Å². The van der Waals surface area contributed by atoms with Gasteiger partial charge in [-0.1, -0.05) is 32.3 Å². The second-order valence-electron chi connectivity index (χ2n) is 5.81. The predicted octanol–water partition coefficient (Wildman–Crippen LogP) is 3.37. The molecule has 1 unspecified atom stereocenters. The van der Waals surface area contributed by atoms with Crippen LogP contribution in [-0.2, 0) is 0 Å². The molecular formula is C17H26N2O2. The normalized spacial score (nSPS) is 17.2. The number of carbonyl (C=O) groups is 1. The molecule has 0 radical (unpaired) electrons. The zero-order valence-electron chi connectivity index (χ0n) is 13.0. The highest BCUT2D eigenvalue weighted by atomic mass is 16.5. The number of carbonyl (C=O) groups excluding carboxylic acids is 1. The van der Waals surface area contributed by atoms with Crippen molar-refractivity contribution in [3.05, 3.63) is 23.8 Å². The van der Waals surface area contributed by atoms with Gasteiger partial charge in [-0.2, -0.15) is 0 Å². The van der Waals surface area contributed by atoms with Gasteiger partial charge in [0.2, 0.25) is 0 Å². The smallest absolute Gasteiger partial charge is 0.255 e. The Morgan fingerprint density at radius 1 is 1.38 bits per heavy atom. The molecule has 1 atom stereocenters. The lowest BCUT2D eigenvalue weighted by Crippen LogP contribution is -2.40. The number of amides is 1. The van der Waals surface area contributed by atoms with Gasteiger partial charge in [-0.3, -0.25) is 4.79 Å². The third-order valence-corrected chi connectivity index (χ3v) is 4.47. The summed E-state index contributed by atoms with van der Waals surface area (Å²) in [6, 6.07) is 5.53. The van der Waals surface area contributed by atoms with E-state index in [9.17, 15) is 4.79 Å². The van der Waals surface area contributed by atoms with Gasteiger partial charge in [0.05, 0.1) is 18.4 Å². The Balaban J connectivity index is 2.10. The lowest BCUT2D eigenvalue weighted by atomic mass is 9.83. The molecule has 1 aromatic carbocycles. The minimum atomic E-state index is -0.0865. The maximum absolute atomic E-state index is 12.5. The van der Waals surface area contributed by atoms with Gasteiger partial charge < -0.3 is 15.8 Å². The van der Waals surface area contributed by atoms with E-state index in [1.54, 1.807) is 25.3 Å². The van der Waals surface area contributed by atoms with E-state index in [-0.39, 0.29) is 11.9 Å². The first-order chi connectivity index (χ1) is 10.2. The number of hydrogen-bond donors (Lipinski definition) is 2. The van der Waals surface area contributed by atoms with Crippen LogP contribution in [0.25, 0.3) is 0 Å². The van der Waals surface area contributed by atoms with Crippen LogP contribution in [-0.4, -0.2) is 19.1 Å². The van der Waals surface area contributed by atoms with Gasteiger partial charge in [-0.15, -0.1) is 0 Å². The van der Waals surface area contributed by atoms with E-state index in [0.717, 1.165) is 6.42 Å². The van der Waals surface area contributed by atoms with Crippen molar-refractivity contribution in [2.45, 2.75) is 51.5 Å². The first-order valence-electron chi connectivity index (χ1n) is 7.90. The molecule has 1 amide bonds. The minimum absolute atomic E-state index is 0.0865. The summed E-state index contributed by atoms with van der Waals surface area (Å²) in [5.41, 5.74) is 6.89. The SMILES string of the molecule is CCC(NC(=O)c1cccc(N)c1OC)C1CCCCC1. The van der Waals surface area contributed by atoms with Gasteiger partial charge in [-0.05, 0) is 37.3 Å². The van der Waals surface area contributed by atoms with Crippen molar-refractivity contribution in [1.82, 2.24) is 5.32 Å². The quantitative estimate of drug-likeness (QED) is 0.817. The molecule has 4 heteroatoms. The fraction of sp³-hybridized carbons (Fsp3) is 0.588. The van der Waals surface area contributed by atoms with Gasteiger partial charge in [0.15, 0.2) is 5.75 Å². The van der Waals surface area contributed by atoms with Crippen molar-refractivity contribution in [2.24, 2.45) is 5.92 Å². The number of ether oxygens (including phenoxy) is 1. The molecule has 4 nitrogen and oxygen atoms in total. The largest absolute Gasteiger partial charge is 0.494 e. The van der Waals surface area contributed by atoms with Crippen LogP contribution in [0.15, 0.2) is 18.2 Å². The summed E-state index contributed by atoms with van der Waals surface area (Å²) >= 11 is 0. The van der Waals surface area contributed by atoms with Crippen LogP contribution >= 0.6 is 0 Å². The maximum atomic E-state index is 12.5. The number of nitrogens with one attached hydrogen (secondary N) is 1. The van der Waals surface area contributed by atoms with E-state index < -0.39 is 0 Å². The number of anilines is 1. The van der Waals surface area contributed by atoms with E-state index in [1.807, 2.05) is 0 Å². The highest BCUT2D eigenvalue weighted by Crippen LogP contribution is 2.29. The molecule has 1 saturated carbocycles. The molecule has 1 aliphatic rings. The highest BCUT2D eigenvalue weighted by molar-refractivity contribution is 5.98. The summed E-state index contributed by atoms with van der Waals surface area (Å²) < 4.78 is 5.27.